The highest BCUT2D eigenvalue weighted by atomic mass is 35.5. The summed E-state index contributed by atoms with van der Waals surface area (Å²) in [5.74, 6) is 0.815. The first-order valence-corrected chi connectivity index (χ1v) is 5.25. The average Bonchev–Trinajstić information content (AvgIpc) is 2.84. The predicted octanol–water partition coefficient (Wildman–Crippen LogP) is 1.86. The van der Waals surface area contributed by atoms with Crippen molar-refractivity contribution in [2.24, 2.45) is 7.05 Å². The molecule has 0 unspecified atom stereocenters. The van der Waals surface area contributed by atoms with Gasteiger partial charge in [0.15, 0.2) is 17.3 Å². The molecule has 0 fully saturated rings. The van der Waals surface area contributed by atoms with Crippen molar-refractivity contribution in [3.8, 4) is 11.5 Å². The van der Waals surface area contributed by atoms with Crippen molar-refractivity contribution in [1.29, 1.82) is 0 Å². The Labute approximate surface area is 101 Å². The number of anilines is 1. The third kappa shape index (κ3) is 1.45. The molecule has 2 heterocycles. The van der Waals surface area contributed by atoms with Gasteiger partial charge in [-0.05, 0) is 28.5 Å². The first-order chi connectivity index (χ1) is 8.16. The van der Waals surface area contributed by atoms with E-state index in [4.69, 9.17) is 17.3 Å². The number of nitrogens with two attached hydrogens (primary N) is 1. The number of aryl methyl sites for hydroxylation is 1. The second kappa shape index (κ2) is 3.46. The molecule has 0 aliphatic rings. The lowest BCUT2D eigenvalue weighted by Crippen LogP contribution is -1.96. The molecule has 0 aliphatic heterocycles. The summed E-state index contributed by atoms with van der Waals surface area (Å²) >= 11 is 5.94. The minimum atomic E-state index is 0.217. The maximum Gasteiger partial charge on any atom is 0.199 e. The number of aromatic nitrogens is 4. The molecule has 1 aromatic carbocycles. The van der Waals surface area contributed by atoms with Gasteiger partial charge in [0.1, 0.15) is 0 Å². The van der Waals surface area contributed by atoms with Crippen molar-refractivity contribution in [2.45, 2.75) is 0 Å². The van der Waals surface area contributed by atoms with E-state index in [0.29, 0.717) is 16.5 Å². The SMILES string of the molecule is Cn1c(-c2nonc2N)nc2ccc(Cl)cc21. The summed E-state index contributed by atoms with van der Waals surface area (Å²) in [5, 5.41) is 7.92. The monoisotopic (exact) mass is 249 g/mol. The fraction of sp³-hybridized carbons (Fsp3) is 0.100. The van der Waals surface area contributed by atoms with E-state index in [2.05, 4.69) is 19.9 Å². The summed E-state index contributed by atoms with van der Waals surface area (Å²) in [6, 6.07) is 5.45. The molecular weight excluding hydrogens is 242 g/mol. The molecule has 0 atom stereocenters. The van der Waals surface area contributed by atoms with E-state index >= 15 is 0 Å². The van der Waals surface area contributed by atoms with E-state index in [9.17, 15) is 0 Å². The number of nitrogens with zero attached hydrogens (tertiary/aromatic N) is 4. The maximum atomic E-state index is 5.94. The van der Waals surface area contributed by atoms with Gasteiger partial charge in [0, 0.05) is 12.1 Å². The van der Waals surface area contributed by atoms with Gasteiger partial charge in [0.2, 0.25) is 0 Å². The highest BCUT2D eigenvalue weighted by molar-refractivity contribution is 6.31. The average molecular weight is 250 g/mol. The van der Waals surface area contributed by atoms with Gasteiger partial charge < -0.3 is 10.3 Å². The van der Waals surface area contributed by atoms with Crippen LogP contribution in [0.2, 0.25) is 5.02 Å². The molecule has 0 saturated heterocycles. The minimum absolute atomic E-state index is 0.217. The Morgan fingerprint density at radius 3 is 2.88 bits per heavy atom. The Morgan fingerprint density at radius 1 is 1.35 bits per heavy atom. The molecule has 3 aromatic rings. The van der Waals surface area contributed by atoms with Crippen LogP contribution >= 0.6 is 11.6 Å². The molecule has 2 aromatic heterocycles. The van der Waals surface area contributed by atoms with Gasteiger partial charge in [0.25, 0.3) is 0 Å². The molecule has 0 radical (unpaired) electrons. The molecule has 2 N–H and O–H groups in total. The van der Waals surface area contributed by atoms with E-state index in [0.717, 1.165) is 11.0 Å². The topological polar surface area (TPSA) is 82.8 Å². The van der Waals surface area contributed by atoms with Crippen LogP contribution in [0.4, 0.5) is 5.82 Å². The Morgan fingerprint density at radius 2 is 2.18 bits per heavy atom. The third-order valence-electron chi connectivity index (χ3n) is 2.57. The quantitative estimate of drug-likeness (QED) is 0.712. The minimum Gasteiger partial charge on any atom is -0.379 e. The van der Waals surface area contributed by atoms with Gasteiger partial charge in [-0.3, -0.25) is 0 Å². The highest BCUT2D eigenvalue weighted by Crippen LogP contribution is 2.26. The lowest BCUT2D eigenvalue weighted by Gasteiger charge is -1.98. The largest absolute Gasteiger partial charge is 0.379 e. The lowest BCUT2D eigenvalue weighted by molar-refractivity contribution is 0.310. The number of rotatable bonds is 1. The number of nitrogen functional groups attached to an aromatic ring is 1. The van der Waals surface area contributed by atoms with Crippen molar-refractivity contribution < 1.29 is 4.63 Å². The van der Waals surface area contributed by atoms with Crippen LogP contribution in [0.15, 0.2) is 22.8 Å². The summed E-state index contributed by atoms with van der Waals surface area (Å²) in [5.41, 5.74) is 7.79. The second-order valence-electron chi connectivity index (χ2n) is 3.63. The van der Waals surface area contributed by atoms with E-state index in [1.807, 2.05) is 23.7 Å². The van der Waals surface area contributed by atoms with E-state index in [1.165, 1.54) is 0 Å². The first-order valence-electron chi connectivity index (χ1n) is 4.87. The number of hydrogen-bond donors (Lipinski definition) is 1. The number of halogens is 1. The number of benzene rings is 1. The Balaban J connectivity index is 2.32. The number of imidazole rings is 1. The highest BCUT2D eigenvalue weighted by Gasteiger charge is 2.16. The maximum absolute atomic E-state index is 5.94. The smallest absolute Gasteiger partial charge is 0.199 e. The Kier molecular flexibility index (Phi) is 2.05. The van der Waals surface area contributed by atoms with Gasteiger partial charge in [0.05, 0.1) is 11.0 Å². The Hall–Kier alpha value is -2.08. The molecule has 0 spiro atoms. The van der Waals surface area contributed by atoms with Gasteiger partial charge in [-0.2, -0.15) is 0 Å². The second-order valence-corrected chi connectivity index (χ2v) is 4.06. The van der Waals surface area contributed by atoms with Crippen LogP contribution in [0.1, 0.15) is 0 Å². The van der Waals surface area contributed by atoms with Crippen LogP contribution in [-0.4, -0.2) is 19.9 Å². The van der Waals surface area contributed by atoms with Crippen molar-refractivity contribution in [3.63, 3.8) is 0 Å². The number of hydrogen-bond acceptors (Lipinski definition) is 5. The fourth-order valence-corrected chi connectivity index (χ4v) is 1.89. The summed E-state index contributed by atoms with van der Waals surface area (Å²) in [6.07, 6.45) is 0. The van der Waals surface area contributed by atoms with Crippen LogP contribution in [-0.2, 0) is 7.05 Å². The molecule has 0 aliphatic carbocycles. The lowest BCUT2D eigenvalue weighted by atomic mass is 10.3. The fourth-order valence-electron chi connectivity index (χ4n) is 1.73. The molecule has 0 saturated carbocycles. The molecule has 6 nitrogen and oxygen atoms in total. The van der Waals surface area contributed by atoms with Crippen molar-refractivity contribution in [2.75, 3.05) is 5.73 Å². The van der Waals surface area contributed by atoms with Gasteiger partial charge in [-0.25, -0.2) is 9.61 Å². The van der Waals surface area contributed by atoms with Crippen molar-refractivity contribution >= 4 is 28.5 Å². The standard InChI is InChI=1S/C10H8ClN5O/c1-16-7-4-5(11)2-3-6(7)13-10(16)8-9(12)15-17-14-8/h2-4H,1H3,(H2,12,15). The van der Waals surface area contributed by atoms with Crippen LogP contribution in [0, 0.1) is 0 Å². The van der Waals surface area contributed by atoms with Gasteiger partial charge in [-0.15, -0.1) is 0 Å². The molecule has 17 heavy (non-hydrogen) atoms. The molecular formula is C10H8ClN5O. The van der Waals surface area contributed by atoms with Crippen LogP contribution in [0.25, 0.3) is 22.6 Å². The zero-order chi connectivity index (χ0) is 12.0. The summed E-state index contributed by atoms with van der Waals surface area (Å²) in [6.45, 7) is 0. The number of fused-ring (bicyclic) bond motifs is 1. The normalized spacial score (nSPS) is 11.2. The third-order valence-corrected chi connectivity index (χ3v) is 2.80. The predicted molar refractivity (Wildman–Crippen MR) is 63.4 cm³/mol. The van der Waals surface area contributed by atoms with Crippen molar-refractivity contribution in [3.05, 3.63) is 23.2 Å². The summed E-state index contributed by atoms with van der Waals surface area (Å²) in [7, 11) is 1.86. The van der Waals surface area contributed by atoms with Crippen LogP contribution in [0.5, 0.6) is 0 Å². The first kappa shape index (κ1) is 10.1. The van der Waals surface area contributed by atoms with Crippen molar-refractivity contribution in [1.82, 2.24) is 19.9 Å². The van der Waals surface area contributed by atoms with E-state index in [-0.39, 0.29) is 5.82 Å². The van der Waals surface area contributed by atoms with Crippen LogP contribution < -0.4 is 5.73 Å². The summed E-state index contributed by atoms with van der Waals surface area (Å²) in [4.78, 5) is 4.42. The molecule has 0 bridgehead atoms. The van der Waals surface area contributed by atoms with Gasteiger partial charge >= 0.3 is 0 Å². The molecule has 7 heteroatoms. The molecule has 3 rings (SSSR count). The van der Waals surface area contributed by atoms with E-state index < -0.39 is 0 Å². The molecule has 86 valence electrons. The molecule has 0 amide bonds. The summed E-state index contributed by atoms with van der Waals surface area (Å²) < 4.78 is 6.41. The zero-order valence-corrected chi connectivity index (χ0v) is 9.64. The van der Waals surface area contributed by atoms with E-state index in [1.54, 1.807) is 6.07 Å². The Bertz CT molecular complexity index is 702. The zero-order valence-electron chi connectivity index (χ0n) is 8.88. The van der Waals surface area contributed by atoms with Gasteiger partial charge in [-0.1, -0.05) is 11.6 Å². The van der Waals surface area contributed by atoms with Crippen LogP contribution in [0.3, 0.4) is 0 Å².